The summed E-state index contributed by atoms with van der Waals surface area (Å²) in [6.45, 7) is -0.144. The first-order valence-electron chi connectivity index (χ1n) is 4.04. The van der Waals surface area contributed by atoms with E-state index >= 15 is 0 Å². The number of rotatable bonds is 4. The number of ether oxygens (including phenoxy) is 2. The largest absolute Gasteiger partial charge is 0.369 e. The van der Waals surface area contributed by atoms with Crippen molar-refractivity contribution in [1.82, 2.24) is 9.80 Å². The van der Waals surface area contributed by atoms with E-state index in [1.807, 2.05) is 0 Å². The van der Waals surface area contributed by atoms with Crippen LogP contribution >= 0.6 is 0 Å². The number of urea groups is 1. The molecule has 0 aromatic rings. The van der Waals surface area contributed by atoms with Crippen LogP contribution in [0.4, 0.5) is 4.79 Å². The Balaban J connectivity index is 2.69. The van der Waals surface area contributed by atoms with Gasteiger partial charge in [0, 0.05) is 14.2 Å². The first-order chi connectivity index (χ1) is 6.63. The van der Waals surface area contributed by atoms with Crippen molar-refractivity contribution in [1.29, 1.82) is 0 Å². The molecule has 2 N–H and O–H groups in total. The van der Waals surface area contributed by atoms with Gasteiger partial charge in [0.05, 0.1) is 0 Å². The van der Waals surface area contributed by atoms with Crippen molar-refractivity contribution in [2.45, 2.75) is 12.5 Å². The molecule has 82 valence electrons. The molecule has 0 aromatic carbocycles. The SMILES string of the molecule is COCN1C(=O)N(COC)[C@@H](O)[C@H]1O. The first-order valence-corrected chi connectivity index (χ1v) is 4.04. The first kappa shape index (κ1) is 11.2. The number of nitrogens with zero attached hydrogens (tertiary/aromatic N) is 2. The lowest BCUT2D eigenvalue weighted by Gasteiger charge is -2.17. The maximum absolute atomic E-state index is 11.5. The molecular formula is C7H14N2O5. The van der Waals surface area contributed by atoms with Crippen LogP contribution in [0.2, 0.25) is 0 Å². The molecule has 1 aliphatic rings. The van der Waals surface area contributed by atoms with Crippen LogP contribution in [0.5, 0.6) is 0 Å². The van der Waals surface area contributed by atoms with E-state index in [1.54, 1.807) is 0 Å². The van der Waals surface area contributed by atoms with Gasteiger partial charge in [0.1, 0.15) is 13.5 Å². The molecule has 0 saturated carbocycles. The van der Waals surface area contributed by atoms with Crippen LogP contribution in [0.3, 0.4) is 0 Å². The Hall–Kier alpha value is -0.890. The fraction of sp³-hybridized carbons (Fsp3) is 0.857. The summed E-state index contributed by atoms with van der Waals surface area (Å²) in [5, 5.41) is 18.9. The second-order valence-electron chi connectivity index (χ2n) is 2.88. The predicted octanol–water partition coefficient (Wildman–Crippen LogP) is -1.43. The molecule has 1 aliphatic heterocycles. The average Bonchev–Trinajstić information content (AvgIpc) is 2.36. The Bertz CT molecular complexity index is 192. The third kappa shape index (κ3) is 1.80. The third-order valence-corrected chi connectivity index (χ3v) is 1.93. The van der Waals surface area contributed by atoms with E-state index in [0.29, 0.717) is 0 Å². The number of aliphatic hydroxyl groups is 2. The van der Waals surface area contributed by atoms with Gasteiger partial charge in [-0.15, -0.1) is 0 Å². The Morgan fingerprint density at radius 2 is 1.50 bits per heavy atom. The molecule has 0 spiro atoms. The molecular weight excluding hydrogens is 192 g/mol. The molecule has 1 saturated heterocycles. The van der Waals surface area contributed by atoms with Crippen LogP contribution in [0, 0.1) is 0 Å². The summed E-state index contributed by atoms with van der Waals surface area (Å²) in [6.07, 6.45) is -2.56. The number of carbonyl (C=O) groups is 1. The summed E-state index contributed by atoms with van der Waals surface area (Å²) in [5.41, 5.74) is 0. The van der Waals surface area contributed by atoms with Crippen molar-refractivity contribution in [2.24, 2.45) is 0 Å². The van der Waals surface area contributed by atoms with E-state index in [0.717, 1.165) is 9.80 Å². The summed E-state index contributed by atoms with van der Waals surface area (Å²) in [4.78, 5) is 13.5. The number of amides is 2. The highest BCUT2D eigenvalue weighted by atomic mass is 16.5. The zero-order valence-electron chi connectivity index (χ0n) is 8.08. The highest BCUT2D eigenvalue weighted by Gasteiger charge is 2.43. The van der Waals surface area contributed by atoms with Gasteiger partial charge in [-0.25, -0.2) is 4.79 Å². The number of methoxy groups -OCH3 is 2. The lowest BCUT2D eigenvalue weighted by Crippen LogP contribution is -2.38. The smallest absolute Gasteiger partial charge is 0.328 e. The minimum atomic E-state index is -1.28. The standard InChI is InChI=1S/C7H14N2O5/c1-13-3-8-5(10)6(11)9(4-14-2)7(8)12/h5-6,10-11H,3-4H2,1-2H3/t5-,6+. The van der Waals surface area contributed by atoms with Gasteiger partial charge in [-0.2, -0.15) is 0 Å². The van der Waals surface area contributed by atoms with Crippen LogP contribution in [0.15, 0.2) is 0 Å². The summed E-state index contributed by atoms with van der Waals surface area (Å²) < 4.78 is 9.42. The normalized spacial score (nSPS) is 27.6. The number of hydrogen-bond acceptors (Lipinski definition) is 5. The molecule has 2 amide bonds. The molecule has 7 heteroatoms. The van der Waals surface area contributed by atoms with Gasteiger partial charge in [0.25, 0.3) is 0 Å². The predicted molar refractivity (Wildman–Crippen MR) is 44.8 cm³/mol. The van der Waals surface area contributed by atoms with Gasteiger partial charge in [0.15, 0.2) is 12.5 Å². The molecule has 14 heavy (non-hydrogen) atoms. The zero-order chi connectivity index (χ0) is 10.7. The second kappa shape index (κ2) is 4.56. The van der Waals surface area contributed by atoms with Gasteiger partial charge in [-0.1, -0.05) is 0 Å². The fourth-order valence-corrected chi connectivity index (χ4v) is 1.25. The van der Waals surface area contributed by atoms with Crippen LogP contribution in [0.25, 0.3) is 0 Å². The quantitative estimate of drug-likeness (QED) is 0.589. The summed E-state index contributed by atoms with van der Waals surface area (Å²) >= 11 is 0. The topological polar surface area (TPSA) is 82.5 Å². The average molecular weight is 206 g/mol. The second-order valence-corrected chi connectivity index (χ2v) is 2.88. The minimum Gasteiger partial charge on any atom is -0.369 e. The number of carbonyl (C=O) groups excluding carboxylic acids is 1. The highest BCUT2D eigenvalue weighted by molar-refractivity contribution is 5.77. The molecule has 0 bridgehead atoms. The Morgan fingerprint density at radius 1 is 1.14 bits per heavy atom. The fourth-order valence-electron chi connectivity index (χ4n) is 1.25. The summed E-state index contributed by atoms with van der Waals surface area (Å²) in [5.74, 6) is 0. The maximum atomic E-state index is 11.5. The monoisotopic (exact) mass is 206 g/mol. The summed E-state index contributed by atoms with van der Waals surface area (Å²) in [7, 11) is 2.79. The lowest BCUT2D eigenvalue weighted by atomic mass is 10.5. The van der Waals surface area contributed by atoms with Crippen LogP contribution in [0.1, 0.15) is 0 Å². The third-order valence-electron chi connectivity index (χ3n) is 1.93. The van der Waals surface area contributed by atoms with Gasteiger partial charge in [0.2, 0.25) is 0 Å². The van der Waals surface area contributed by atoms with Crippen molar-refractivity contribution >= 4 is 6.03 Å². The van der Waals surface area contributed by atoms with Gasteiger partial charge < -0.3 is 19.7 Å². The zero-order valence-corrected chi connectivity index (χ0v) is 8.08. The van der Waals surface area contributed by atoms with Crippen LogP contribution < -0.4 is 0 Å². The summed E-state index contributed by atoms with van der Waals surface area (Å²) in [6, 6.07) is -0.520. The van der Waals surface area contributed by atoms with Gasteiger partial charge in [-0.3, -0.25) is 9.80 Å². The number of aliphatic hydroxyl groups excluding tert-OH is 2. The Morgan fingerprint density at radius 3 is 1.79 bits per heavy atom. The highest BCUT2D eigenvalue weighted by Crippen LogP contribution is 2.18. The van der Waals surface area contributed by atoms with E-state index in [2.05, 4.69) is 0 Å². The van der Waals surface area contributed by atoms with E-state index in [-0.39, 0.29) is 13.5 Å². The minimum absolute atomic E-state index is 0.0721. The lowest BCUT2D eigenvalue weighted by molar-refractivity contribution is -0.0994. The van der Waals surface area contributed by atoms with Crippen molar-refractivity contribution in [3.8, 4) is 0 Å². The maximum Gasteiger partial charge on any atom is 0.328 e. The van der Waals surface area contributed by atoms with Crippen LogP contribution in [-0.2, 0) is 9.47 Å². The van der Waals surface area contributed by atoms with E-state index in [1.165, 1.54) is 14.2 Å². The van der Waals surface area contributed by atoms with E-state index in [4.69, 9.17) is 9.47 Å². The Kier molecular flexibility index (Phi) is 3.64. The molecule has 1 heterocycles. The molecule has 0 aliphatic carbocycles. The van der Waals surface area contributed by atoms with Crippen molar-refractivity contribution in [3.05, 3.63) is 0 Å². The van der Waals surface area contributed by atoms with Crippen molar-refractivity contribution < 1.29 is 24.5 Å². The van der Waals surface area contributed by atoms with Crippen molar-refractivity contribution in [3.63, 3.8) is 0 Å². The van der Waals surface area contributed by atoms with Crippen LogP contribution in [-0.4, -0.2) is 66.2 Å². The van der Waals surface area contributed by atoms with Gasteiger partial charge in [-0.05, 0) is 0 Å². The molecule has 7 nitrogen and oxygen atoms in total. The van der Waals surface area contributed by atoms with E-state index in [9.17, 15) is 15.0 Å². The molecule has 0 unspecified atom stereocenters. The molecule has 1 fully saturated rings. The van der Waals surface area contributed by atoms with Crippen molar-refractivity contribution in [2.75, 3.05) is 27.7 Å². The van der Waals surface area contributed by atoms with E-state index < -0.39 is 18.5 Å². The molecule has 1 rings (SSSR count). The number of hydrogen-bond donors (Lipinski definition) is 2. The van der Waals surface area contributed by atoms with Gasteiger partial charge >= 0.3 is 6.03 Å². The Labute approximate surface area is 81.4 Å². The molecule has 0 radical (unpaired) electrons. The molecule has 2 atom stereocenters. The molecule has 0 aromatic heterocycles.